The lowest BCUT2D eigenvalue weighted by Gasteiger charge is -2.10. The third kappa shape index (κ3) is 3.83. The molecule has 0 atom stereocenters. The van der Waals surface area contributed by atoms with Crippen LogP contribution in [0, 0.1) is 11.3 Å². The Bertz CT molecular complexity index is 652. The van der Waals surface area contributed by atoms with Crippen LogP contribution < -0.4 is 14.8 Å². The van der Waals surface area contributed by atoms with Crippen LogP contribution in [0.3, 0.4) is 0 Å². The van der Waals surface area contributed by atoms with Crippen molar-refractivity contribution in [3.8, 4) is 23.4 Å². The van der Waals surface area contributed by atoms with Crippen LogP contribution in [0.25, 0.3) is 0 Å². The van der Waals surface area contributed by atoms with E-state index < -0.39 is 0 Å². The van der Waals surface area contributed by atoms with Crippen molar-refractivity contribution >= 4 is 5.82 Å². The molecular formula is C15H16N4O2. The first kappa shape index (κ1) is 14.6. The lowest BCUT2D eigenvalue weighted by atomic mass is 10.2. The molecule has 1 N–H and O–H groups in total. The molecule has 6 heteroatoms. The molecule has 0 radical (unpaired) electrons. The molecule has 6 nitrogen and oxygen atoms in total. The highest BCUT2D eigenvalue weighted by Crippen LogP contribution is 2.31. The Morgan fingerprint density at radius 2 is 2.10 bits per heavy atom. The molecule has 2 aromatic rings. The molecule has 0 aliphatic carbocycles. The topological polar surface area (TPSA) is 80.1 Å². The number of rotatable bonds is 6. The maximum absolute atomic E-state index is 8.88. The molecule has 2 rings (SSSR count). The molecule has 0 spiro atoms. The van der Waals surface area contributed by atoms with Crippen molar-refractivity contribution < 1.29 is 9.47 Å². The highest BCUT2D eigenvalue weighted by atomic mass is 16.5. The predicted octanol–water partition coefficient (Wildman–Crippen LogP) is 2.97. The molecule has 1 heterocycles. The van der Waals surface area contributed by atoms with E-state index in [1.165, 1.54) is 13.4 Å². The second kappa shape index (κ2) is 7.10. The molecule has 1 aromatic carbocycles. The summed E-state index contributed by atoms with van der Waals surface area (Å²) in [5, 5.41) is 12.0. The van der Waals surface area contributed by atoms with Gasteiger partial charge >= 0.3 is 0 Å². The first-order valence-electron chi connectivity index (χ1n) is 6.58. The van der Waals surface area contributed by atoms with Gasteiger partial charge < -0.3 is 14.8 Å². The second-order valence-corrected chi connectivity index (χ2v) is 4.25. The van der Waals surface area contributed by atoms with Gasteiger partial charge in [-0.3, -0.25) is 0 Å². The summed E-state index contributed by atoms with van der Waals surface area (Å²) in [6, 6.07) is 8.73. The SMILES string of the molecule is CCCNc1cc(Oc2ccc(C#N)cc2OC)ncn1. The van der Waals surface area contributed by atoms with Gasteiger partial charge in [-0.1, -0.05) is 6.92 Å². The number of nitriles is 1. The third-order valence-corrected chi connectivity index (χ3v) is 2.71. The monoisotopic (exact) mass is 284 g/mol. The number of aromatic nitrogens is 2. The lowest BCUT2D eigenvalue weighted by molar-refractivity contribution is 0.374. The molecule has 0 amide bonds. The number of anilines is 1. The Balaban J connectivity index is 2.20. The van der Waals surface area contributed by atoms with Crippen LogP contribution in [0.1, 0.15) is 18.9 Å². The van der Waals surface area contributed by atoms with Crippen molar-refractivity contribution in [2.45, 2.75) is 13.3 Å². The van der Waals surface area contributed by atoms with E-state index in [0.29, 0.717) is 28.8 Å². The van der Waals surface area contributed by atoms with Crippen LogP contribution in [0.15, 0.2) is 30.6 Å². The summed E-state index contributed by atoms with van der Waals surface area (Å²) in [6.45, 7) is 2.91. The Labute approximate surface area is 123 Å². The standard InChI is InChI=1S/C15H16N4O2/c1-3-6-17-14-8-15(19-10-18-14)21-12-5-4-11(9-16)7-13(12)20-2/h4-5,7-8,10H,3,6H2,1-2H3,(H,17,18,19). The van der Waals surface area contributed by atoms with Gasteiger partial charge in [-0.2, -0.15) is 5.26 Å². The van der Waals surface area contributed by atoms with Crippen molar-refractivity contribution in [2.24, 2.45) is 0 Å². The Morgan fingerprint density at radius 3 is 2.81 bits per heavy atom. The zero-order valence-electron chi connectivity index (χ0n) is 12.0. The summed E-state index contributed by atoms with van der Waals surface area (Å²) in [5.74, 6) is 2.09. The minimum atomic E-state index is 0.409. The molecule has 1 aromatic heterocycles. The molecule has 0 bridgehead atoms. The third-order valence-electron chi connectivity index (χ3n) is 2.71. The molecule has 0 saturated carbocycles. The normalized spacial score (nSPS) is 9.76. The van der Waals surface area contributed by atoms with Crippen molar-refractivity contribution in [1.82, 2.24) is 9.97 Å². The van der Waals surface area contributed by atoms with Gasteiger partial charge in [-0.25, -0.2) is 9.97 Å². The summed E-state index contributed by atoms with van der Waals surface area (Å²) in [7, 11) is 1.53. The summed E-state index contributed by atoms with van der Waals surface area (Å²) in [5.41, 5.74) is 0.507. The van der Waals surface area contributed by atoms with Crippen molar-refractivity contribution in [3.05, 3.63) is 36.2 Å². The summed E-state index contributed by atoms with van der Waals surface area (Å²) >= 11 is 0. The quantitative estimate of drug-likeness (QED) is 0.878. The molecule has 0 saturated heterocycles. The Kier molecular flexibility index (Phi) is 4.94. The predicted molar refractivity (Wildman–Crippen MR) is 78.6 cm³/mol. The van der Waals surface area contributed by atoms with Gasteiger partial charge in [0, 0.05) is 18.7 Å². The minimum Gasteiger partial charge on any atom is -0.493 e. The molecule has 0 fully saturated rings. The Hall–Kier alpha value is -2.81. The summed E-state index contributed by atoms with van der Waals surface area (Å²) in [4.78, 5) is 8.18. The van der Waals surface area contributed by atoms with E-state index >= 15 is 0 Å². The van der Waals surface area contributed by atoms with Gasteiger partial charge in [-0.05, 0) is 18.6 Å². The molecule has 108 valence electrons. The van der Waals surface area contributed by atoms with Gasteiger partial charge in [-0.15, -0.1) is 0 Å². The van der Waals surface area contributed by atoms with Crippen LogP contribution in [-0.4, -0.2) is 23.6 Å². The fourth-order valence-electron chi connectivity index (χ4n) is 1.68. The smallest absolute Gasteiger partial charge is 0.224 e. The Morgan fingerprint density at radius 1 is 1.24 bits per heavy atom. The van der Waals surface area contributed by atoms with Gasteiger partial charge in [0.1, 0.15) is 12.1 Å². The van der Waals surface area contributed by atoms with E-state index in [0.717, 1.165) is 13.0 Å². The van der Waals surface area contributed by atoms with Crippen molar-refractivity contribution in [2.75, 3.05) is 19.0 Å². The van der Waals surface area contributed by atoms with Crippen molar-refractivity contribution in [3.63, 3.8) is 0 Å². The highest BCUT2D eigenvalue weighted by molar-refractivity contribution is 5.48. The van der Waals surface area contributed by atoms with E-state index in [-0.39, 0.29) is 0 Å². The average Bonchev–Trinajstić information content (AvgIpc) is 2.53. The second-order valence-electron chi connectivity index (χ2n) is 4.25. The number of methoxy groups -OCH3 is 1. The first-order chi connectivity index (χ1) is 10.3. The largest absolute Gasteiger partial charge is 0.493 e. The van der Waals surface area contributed by atoms with Gasteiger partial charge in [0.05, 0.1) is 18.7 Å². The van der Waals surface area contributed by atoms with Crippen LogP contribution in [0.5, 0.6) is 17.4 Å². The minimum absolute atomic E-state index is 0.409. The number of ether oxygens (including phenoxy) is 2. The fraction of sp³-hybridized carbons (Fsp3) is 0.267. The molecule has 21 heavy (non-hydrogen) atoms. The maximum atomic E-state index is 8.88. The lowest BCUT2D eigenvalue weighted by Crippen LogP contribution is -2.02. The number of nitrogens with one attached hydrogen (secondary N) is 1. The number of hydrogen-bond donors (Lipinski definition) is 1. The van der Waals surface area contributed by atoms with Crippen LogP contribution in [-0.2, 0) is 0 Å². The van der Waals surface area contributed by atoms with Crippen LogP contribution >= 0.6 is 0 Å². The van der Waals surface area contributed by atoms with Crippen LogP contribution in [0.2, 0.25) is 0 Å². The number of hydrogen-bond acceptors (Lipinski definition) is 6. The summed E-state index contributed by atoms with van der Waals surface area (Å²) < 4.78 is 10.9. The fourth-order valence-corrected chi connectivity index (χ4v) is 1.68. The van der Waals surface area contributed by atoms with Gasteiger partial charge in [0.2, 0.25) is 5.88 Å². The van der Waals surface area contributed by atoms with Gasteiger partial charge in [0.15, 0.2) is 11.5 Å². The van der Waals surface area contributed by atoms with Gasteiger partial charge in [0.25, 0.3) is 0 Å². The van der Waals surface area contributed by atoms with E-state index in [4.69, 9.17) is 14.7 Å². The zero-order valence-corrected chi connectivity index (χ0v) is 12.0. The highest BCUT2D eigenvalue weighted by Gasteiger charge is 2.08. The average molecular weight is 284 g/mol. The van der Waals surface area contributed by atoms with E-state index in [1.807, 2.05) is 0 Å². The number of nitrogens with zero attached hydrogens (tertiary/aromatic N) is 3. The molecular weight excluding hydrogens is 268 g/mol. The van der Waals surface area contributed by atoms with E-state index in [1.54, 1.807) is 24.3 Å². The summed E-state index contributed by atoms with van der Waals surface area (Å²) in [6.07, 6.45) is 2.44. The molecule has 0 aliphatic rings. The van der Waals surface area contributed by atoms with E-state index in [9.17, 15) is 0 Å². The molecule has 0 aliphatic heterocycles. The first-order valence-corrected chi connectivity index (χ1v) is 6.58. The van der Waals surface area contributed by atoms with Crippen molar-refractivity contribution in [1.29, 1.82) is 5.26 Å². The van der Waals surface area contributed by atoms with E-state index in [2.05, 4.69) is 28.3 Å². The maximum Gasteiger partial charge on any atom is 0.224 e. The van der Waals surface area contributed by atoms with Crippen LogP contribution in [0.4, 0.5) is 5.82 Å². The zero-order chi connectivity index (χ0) is 15.1. The number of benzene rings is 1. The molecule has 0 unspecified atom stereocenters.